The Balaban J connectivity index is 1.83. The summed E-state index contributed by atoms with van der Waals surface area (Å²) in [5, 5.41) is 7.77. The van der Waals surface area contributed by atoms with Crippen LogP contribution in [0.4, 0.5) is 5.69 Å². The summed E-state index contributed by atoms with van der Waals surface area (Å²) in [4.78, 5) is 24.0. The molecule has 29 heavy (non-hydrogen) atoms. The Bertz CT molecular complexity index is 935. The van der Waals surface area contributed by atoms with Crippen molar-refractivity contribution in [3.63, 3.8) is 0 Å². The number of hydrazone groups is 1. The summed E-state index contributed by atoms with van der Waals surface area (Å²) < 4.78 is 10.5. The van der Waals surface area contributed by atoms with Gasteiger partial charge in [0.1, 0.15) is 11.5 Å². The van der Waals surface area contributed by atoms with E-state index in [-0.39, 0.29) is 24.0 Å². The molecular weight excluding hydrogens is 441 g/mol. The number of anilines is 1. The number of benzene rings is 2. The van der Waals surface area contributed by atoms with Gasteiger partial charge in [0.15, 0.2) is 6.61 Å². The van der Waals surface area contributed by atoms with E-state index in [0.29, 0.717) is 32.9 Å². The average molecular weight is 459 g/mol. The molecule has 0 unspecified atom stereocenters. The Hall–Kier alpha value is -2.48. The third kappa shape index (κ3) is 7.45. The molecule has 0 aliphatic rings. The molecule has 0 fully saturated rings. The molecule has 0 bridgehead atoms. The van der Waals surface area contributed by atoms with Crippen molar-refractivity contribution in [3.05, 3.63) is 51.5 Å². The number of carbonyl (C=O) groups is 2. The van der Waals surface area contributed by atoms with E-state index in [2.05, 4.69) is 15.8 Å². The molecule has 0 saturated carbocycles. The molecule has 0 aromatic heterocycles. The summed E-state index contributed by atoms with van der Waals surface area (Å²) in [7, 11) is 1.49. The average Bonchev–Trinajstić information content (AvgIpc) is 2.65. The van der Waals surface area contributed by atoms with Crippen LogP contribution in [0.3, 0.4) is 0 Å². The SMILES string of the molecule is COc1ccc(Cl)cc1NC(=O)CC(C)=NNC(=O)COc1ccc(Cl)cc1Cl. The first kappa shape index (κ1) is 22.8. The molecule has 0 radical (unpaired) electrons. The van der Waals surface area contributed by atoms with Crippen LogP contribution in [0.1, 0.15) is 13.3 Å². The zero-order valence-corrected chi connectivity index (χ0v) is 17.9. The highest BCUT2D eigenvalue weighted by Gasteiger charge is 2.10. The monoisotopic (exact) mass is 457 g/mol. The molecule has 10 heteroatoms. The predicted octanol–water partition coefficient (Wildman–Crippen LogP) is 4.56. The minimum absolute atomic E-state index is 0.0418. The summed E-state index contributed by atoms with van der Waals surface area (Å²) in [5.74, 6) is -0.0528. The third-order valence-electron chi connectivity index (χ3n) is 3.48. The van der Waals surface area contributed by atoms with Crippen LogP contribution in [-0.2, 0) is 9.59 Å². The van der Waals surface area contributed by atoms with E-state index >= 15 is 0 Å². The van der Waals surface area contributed by atoms with Gasteiger partial charge < -0.3 is 14.8 Å². The van der Waals surface area contributed by atoms with Crippen LogP contribution >= 0.6 is 34.8 Å². The molecule has 0 atom stereocenters. The van der Waals surface area contributed by atoms with Crippen LogP contribution in [0.15, 0.2) is 41.5 Å². The number of carbonyl (C=O) groups excluding carboxylic acids is 2. The van der Waals surface area contributed by atoms with Crippen LogP contribution in [-0.4, -0.2) is 31.2 Å². The molecule has 154 valence electrons. The molecule has 0 saturated heterocycles. The van der Waals surface area contributed by atoms with Gasteiger partial charge in [0.05, 0.1) is 24.2 Å². The minimum Gasteiger partial charge on any atom is -0.495 e. The molecule has 0 heterocycles. The Kier molecular flexibility index (Phi) is 8.57. The number of ether oxygens (including phenoxy) is 2. The summed E-state index contributed by atoms with van der Waals surface area (Å²) in [6.07, 6.45) is -0.0418. The number of halogens is 3. The van der Waals surface area contributed by atoms with Crippen molar-refractivity contribution in [2.75, 3.05) is 19.0 Å². The number of hydrogen-bond donors (Lipinski definition) is 2. The first-order valence-corrected chi connectivity index (χ1v) is 9.45. The number of rotatable bonds is 8. The molecule has 7 nitrogen and oxygen atoms in total. The van der Waals surface area contributed by atoms with E-state index in [0.717, 1.165) is 0 Å². The predicted molar refractivity (Wildman–Crippen MR) is 114 cm³/mol. The lowest BCUT2D eigenvalue weighted by atomic mass is 10.2. The van der Waals surface area contributed by atoms with E-state index in [9.17, 15) is 9.59 Å². The van der Waals surface area contributed by atoms with Crippen molar-refractivity contribution in [1.82, 2.24) is 5.43 Å². The van der Waals surface area contributed by atoms with Gasteiger partial charge in [-0.3, -0.25) is 9.59 Å². The van der Waals surface area contributed by atoms with Crippen LogP contribution in [0.2, 0.25) is 15.1 Å². The number of amides is 2. The fraction of sp³-hybridized carbons (Fsp3) is 0.211. The van der Waals surface area contributed by atoms with Crippen molar-refractivity contribution >= 4 is 58.0 Å². The lowest BCUT2D eigenvalue weighted by Gasteiger charge is -2.10. The van der Waals surface area contributed by atoms with Gasteiger partial charge in [0, 0.05) is 15.8 Å². The number of hydrogen-bond acceptors (Lipinski definition) is 5. The zero-order chi connectivity index (χ0) is 21.4. The molecule has 2 N–H and O–H groups in total. The quantitative estimate of drug-likeness (QED) is 0.448. The number of nitrogens with one attached hydrogen (secondary N) is 2. The first-order valence-electron chi connectivity index (χ1n) is 8.31. The number of methoxy groups -OCH3 is 1. The van der Waals surface area contributed by atoms with Gasteiger partial charge in [-0.25, -0.2) is 5.43 Å². The molecular formula is C19H18Cl3N3O4. The van der Waals surface area contributed by atoms with E-state index in [1.54, 1.807) is 37.3 Å². The van der Waals surface area contributed by atoms with Gasteiger partial charge in [-0.2, -0.15) is 5.10 Å². The van der Waals surface area contributed by atoms with Gasteiger partial charge >= 0.3 is 0 Å². The summed E-state index contributed by atoms with van der Waals surface area (Å²) in [6.45, 7) is 1.30. The second-order valence-electron chi connectivity index (χ2n) is 5.82. The number of nitrogens with zero attached hydrogens (tertiary/aromatic N) is 1. The Morgan fingerprint density at radius 2 is 1.66 bits per heavy atom. The van der Waals surface area contributed by atoms with Crippen LogP contribution < -0.4 is 20.2 Å². The van der Waals surface area contributed by atoms with Gasteiger partial charge in [-0.05, 0) is 43.3 Å². The van der Waals surface area contributed by atoms with E-state index in [1.807, 2.05) is 0 Å². The zero-order valence-electron chi connectivity index (χ0n) is 15.6. The van der Waals surface area contributed by atoms with Crippen molar-refractivity contribution in [2.24, 2.45) is 5.10 Å². The normalized spacial score (nSPS) is 11.0. The Morgan fingerprint density at radius 1 is 1.00 bits per heavy atom. The first-order chi connectivity index (χ1) is 13.8. The van der Waals surface area contributed by atoms with E-state index in [4.69, 9.17) is 44.3 Å². The summed E-state index contributed by atoms with van der Waals surface area (Å²) in [6, 6.07) is 9.53. The van der Waals surface area contributed by atoms with Gasteiger partial charge in [-0.1, -0.05) is 34.8 Å². The summed E-state index contributed by atoms with van der Waals surface area (Å²) in [5.41, 5.74) is 3.14. The van der Waals surface area contributed by atoms with Gasteiger partial charge in [-0.15, -0.1) is 0 Å². The van der Waals surface area contributed by atoms with Crippen molar-refractivity contribution < 1.29 is 19.1 Å². The molecule has 0 aliphatic carbocycles. The fourth-order valence-corrected chi connectivity index (χ4v) is 2.80. The molecule has 2 aromatic carbocycles. The van der Waals surface area contributed by atoms with Gasteiger partial charge in [0.25, 0.3) is 5.91 Å². The highest BCUT2D eigenvalue weighted by molar-refractivity contribution is 6.35. The Morgan fingerprint density at radius 3 is 2.31 bits per heavy atom. The topological polar surface area (TPSA) is 89.0 Å². The van der Waals surface area contributed by atoms with Crippen molar-refractivity contribution in [3.8, 4) is 11.5 Å². The second-order valence-corrected chi connectivity index (χ2v) is 7.10. The van der Waals surface area contributed by atoms with E-state index in [1.165, 1.54) is 13.2 Å². The highest BCUT2D eigenvalue weighted by Crippen LogP contribution is 2.28. The third-order valence-corrected chi connectivity index (χ3v) is 4.24. The van der Waals surface area contributed by atoms with Crippen LogP contribution in [0.25, 0.3) is 0 Å². The largest absolute Gasteiger partial charge is 0.495 e. The molecule has 2 amide bonds. The molecule has 2 rings (SSSR count). The van der Waals surface area contributed by atoms with Crippen LogP contribution in [0.5, 0.6) is 11.5 Å². The molecule has 0 spiro atoms. The van der Waals surface area contributed by atoms with E-state index < -0.39 is 5.91 Å². The maximum absolute atomic E-state index is 12.2. The minimum atomic E-state index is -0.507. The van der Waals surface area contributed by atoms with Crippen molar-refractivity contribution in [1.29, 1.82) is 0 Å². The maximum Gasteiger partial charge on any atom is 0.277 e. The summed E-state index contributed by atoms with van der Waals surface area (Å²) >= 11 is 17.7. The maximum atomic E-state index is 12.2. The van der Waals surface area contributed by atoms with Gasteiger partial charge in [0.2, 0.25) is 5.91 Å². The lowest BCUT2D eigenvalue weighted by Crippen LogP contribution is -2.26. The smallest absolute Gasteiger partial charge is 0.277 e. The second kappa shape index (κ2) is 10.9. The lowest BCUT2D eigenvalue weighted by molar-refractivity contribution is -0.123. The van der Waals surface area contributed by atoms with Crippen molar-refractivity contribution in [2.45, 2.75) is 13.3 Å². The fourth-order valence-electron chi connectivity index (χ4n) is 2.17. The molecule has 0 aliphatic heterocycles. The van der Waals surface area contributed by atoms with Crippen LogP contribution in [0, 0.1) is 0 Å². The highest BCUT2D eigenvalue weighted by atomic mass is 35.5. The standard InChI is InChI=1S/C19H18Cl3N3O4/c1-11(7-18(26)23-15-9-13(21)4-6-17(15)28-2)24-25-19(27)10-29-16-5-3-12(20)8-14(16)22/h3-6,8-9H,7,10H2,1-2H3,(H,23,26)(H,25,27). The molecule has 2 aromatic rings. The Labute approximate surface area is 182 Å².